The van der Waals surface area contributed by atoms with Crippen molar-refractivity contribution in [2.75, 3.05) is 6.54 Å². The van der Waals surface area contributed by atoms with Crippen LogP contribution in [0, 0.1) is 0 Å². The largest absolute Gasteiger partial charge is 0.348 e. The second-order valence-corrected chi connectivity index (χ2v) is 3.11. The monoisotopic (exact) mass is 203 g/mol. The van der Waals surface area contributed by atoms with E-state index in [4.69, 9.17) is 0 Å². The zero-order chi connectivity index (χ0) is 11.1. The zero-order valence-electron chi connectivity index (χ0n) is 8.62. The lowest BCUT2D eigenvalue weighted by molar-refractivity contribution is 0.0957. The molecule has 0 aromatic heterocycles. The predicted octanol–water partition coefficient (Wildman–Crippen LogP) is 1.58. The smallest absolute Gasteiger partial charge is 0.251 e. The van der Waals surface area contributed by atoms with Crippen LogP contribution in [0.15, 0.2) is 35.9 Å². The molecule has 0 fully saturated rings. The number of rotatable bonds is 4. The van der Waals surface area contributed by atoms with Gasteiger partial charge in [-0.25, -0.2) is 4.79 Å². The van der Waals surface area contributed by atoms with Crippen LogP contribution in [0.5, 0.6) is 0 Å². The molecule has 0 bridgehead atoms. The molecular weight excluding hydrogens is 190 g/mol. The van der Waals surface area contributed by atoms with E-state index < -0.39 is 0 Å². The van der Waals surface area contributed by atoms with Crippen LogP contribution in [0.4, 0.5) is 0 Å². The molecule has 0 aliphatic heterocycles. The fourth-order valence-corrected chi connectivity index (χ4v) is 1.11. The van der Waals surface area contributed by atoms with Crippen molar-refractivity contribution < 1.29 is 9.59 Å². The summed E-state index contributed by atoms with van der Waals surface area (Å²) in [6.45, 7) is 2.13. The van der Waals surface area contributed by atoms with Crippen molar-refractivity contribution in [3.8, 4) is 0 Å². The van der Waals surface area contributed by atoms with E-state index in [0.29, 0.717) is 17.6 Å². The number of benzene rings is 1. The fourth-order valence-electron chi connectivity index (χ4n) is 1.11. The normalized spacial score (nSPS) is 9.13. The maximum atomic E-state index is 11.5. The van der Waals surface area contributed by atoms with Crippen LogP contribution in [-0.4, -0.2) is 18.4 Å². The Bertz CT molecular complexity index is 378. The molecule has 0 heterocycles. The molecule has 1 aromatic rings. The number of hydrogen-bond acceptors (Lipinski definition) is 2. The van der Waals surface area contributed by atoms with Crippen molar-refractivity contribution in [3.05, 3.63) is 41.5 Å². The molecule has 0 aliphatic carbocycles. The molecule has 0 saturated carbocycles. The van der Waals surface area contributed by atoms with Gasteiger partial charge in [0.2, 0.25) is 0 Å². The number of carbonyl (C=O) groups excluding carboxylic acids is 2. The second kappa shape index (κ2) is 5.78. The van der Waals surface area contributed by atoms with E-state index in [1.807, 2.05) is 18.9 Å². The van der Waals surface area contributed by atoms with E-state index >= 15 is 0 Å². The van der Waals surface area contributed by atoms with Crippen molar-refractivity contribution in [2.24, 2.45) is 0 Å². The van der Waals surface area contributed by atoms with Crippen molar-refractivity contribution in [3.63, 3.8) is 0 Å². The molecule has 0 atom stereocenters. The van der Waals surface area contributed by atoms with Gasteiger partial charge >= 0.3 is 0 Å². The Balaban J connectivity index is 2.54. The lowest BCUT2D eigenvalue weighted by Gasteiger charge is -2.04. The third-order valence-electron chi connectivity index (χ3n) is 2.07. The lowest BCUT2D eigenvalue weighted by atomic mass is 10.2. The van der Waals surface area contributed by atoms with Crippen molar-refractivity contribution >= 4 is 11.8 Å². The van der Waals surface area contributed by atoms with Crippen LogP contribution in [0.1, 0.15) is 23.7 Å². The third kappa shape index (κ3) is 3.41. The Kier molecular flexibility index (Phi) is 4.32. The van der Waals surface area contributed by atoms with Gasteiger partial charge in [-0.05, 0) is 18.6 Å². The molecule has 1 aromatic carbocycles. The van der Waals surface area contributed by atoms with Gasteiger partial charge in [-0.1, -0.05) is 25.1 Å². The molecule has 0 radical (unpaired) electrons. The minimum Gasteiger partial charge on any atom is -0.348 e. The molecule has 78 valence electrons. The van der Waals surface area contributed by atoms with Gasteiger partial charge in [-0.2, -0.15) is 0 Å². The summed E-state index contributed by atoms with van der Waals surface area (Å²) in [6, 6.07) is 8.90. The van der Waals surface area contributed by atoms with Gasteiger partial charge in [0.25, 0.3) is 5.91 Å². The number of nitrogens with one attached hydrogen (secondary N) is 1. The highest BCUT2D eigenvalue weighted by Gasteiger charge is 2.04. The zero-order valence-corrected chi connectivity index (χ0v) is 8.62. The van der Waals surface area contributed by atoms with Gasteiger partial charge in [-0.15, -0.1) is 0 Å². The molecule has 0 spiro atoms. The van der Waals surface area contributed by atoms with Gasteiger partial charge in [0.15, 0.2) is 0 Å². The summed E-state index contributed by atoms with van der Waals surface area (Å²) in [5, 5.41) is 2.66. The quantitative estimate of drug-likeness (QED) is 0.755. The van der Waals surface area contributed by atoms with E-state index in [0.717, 1.165) is 0 Å². The molecule has 3 heteroatoms. The van der Waals surface area contributed by atoms with E-state index in [1.54, 1.807) is 24.3 Å². The molecule has 1 N–H and O–H groups in total. The van der Waals surface area contributed by atoms with Crippen LogP contribution in [-0.2, 0) is 4.79 Å². The number of hydrogen-bond donors (Lipinski definition) is 1. The van der Waals surface area contributed by atoms with Crippen LogP contribution in [0.25, 0.3) is 0 Å². The van der Waals surface area contributed by atoms with Crippen molar-refractivity contribution in [1.82, 2.24) is 5.32 Å². The first-order valence-corrected chi connectivity index (χ1v) is 4.84. The van der Waals surface area contributed by atoms with Crippen molar-refractivity contribution in [1.29, 1.82) is 0 Å². The molecule has 15 heavy (non-hydrogen) atoms. The maximum absolute atomic E-state index is 11.5. The number of amides is 1. The molecule has 0 saturated heterocycles. The predicted molar refractivity (Wildman–Crippen MR) is 58.3 cm³/mol. The SMILES string of the molecule is CCC(=C=O)CNC(=O)c1ccccc1. The molecule has 1 amide bonds. The summed E-state index contributed by atoms with van der Waals surface area (Å²) in [5.74, 6) is 1.64. The average Bonchev–Trinajstić information content (AvgIpc) is 2.31. The topological polar surface area (TPSA) is 46.2 Å². The highest BCUT2D eigenvalue weighted by Crippen LogP contribution is 1.99. The highest BCUT2D eigenvalue weighted by molar-refractivity contribution is 5.94. The van der Waals surface area contributed by atoms with Gasteiger partial charge < -0.3 is 5.32 Å². The summed E-state index contributed by atoms with van der Waals surface area (Å²) < 4.78 is 0. The van der Waals surface area contributed by atoms with E-state index in [1.165, 1.54) is 0 Å². The summed E-state index contributed by atoms with van der Waals surface area (Å²) in [6.07, 6.45) is 0.610. The molecule has 0 aliphatic rings. The van der Waals surface area contributed by atoms with Crippen LogP contribution >= 0.6 is 0 Å². The summed E-state index contributed by atoms with van der Waals surface area (Å²) >= 11 is 0. The number of carbonyl (C=O) groups is 1. The van der Waals surface area contributed by atoms with Gasteiger partial charge in [0, 0.05) is 17.7 Å². The Morgan fingerprint density at radius 2 is 2.00 bits per heavy atom. The van der Waals surface area contributed by atoms with E-state index in [9.17, 15) is 9.59 Å². The van der Waals surface area contributed by atoms with Crippen LogP contribution in [0.3, 0.4) is 0 Å². The fraction of sp³-hybridized carbons (Fsp3) is 0.250. The first-order chi connectivity index (χ1) is 7.27. The average molecular weight is 203 g/mol. The molecular formula is C12H13NO2. The lowest BCUT2D eigenvalue weighted by Crippen LogP contribution is -2.25. The van der Waals surface area contributed by atoms with Crippen molar-refractivity contribution in [2.45, 2.75) is 13.3 Å². The Hall–Kier alpha value is -1.86. The highest BCUT2D eigenvalue weighted by atomic mass is 16.1. The molecule has 1 rings (SSSR count). The van der Waals surface area contributed by atoms with E-state index in [2.05, 4.69) is 5.32 Å². The van der Waals surface area contributed by atoms with Crippen LogP contribution < -0.4 is 5.32 Å². The van der Waals surface area contributed by atoms with Gasteiger partial charge in [-0.3, -0.25) is 4.79 Å². The summed E-state index contributed by atoms with van der Waals surface area (Å²) in [5.41, 5.74) is 1.16. The standard InChI is InChI=1S/C12H13NO2/c1-2-10(9-14)8-13-12(15)11-6-4-3-5-7-11/h3-7H,2,8H2,1H3,(H,13,15). The molecule has 3 nitrogen and oxygen atoms in total. The Labute approximate surface area is 88.8 Å². The summed E-state index contributed by atoms with van der Waals surface area (Å²) in [4.78, 5) is 21.9. The van der Waals surface area contributed by atoms with Gasteiger partial charge in [0.1, 0.15) is 5.94 Å². The minimum absolute atomic E-state index is 0.170. The second-order valence-electron chi connectivity index (χ2n) is 3.11. The van der Waals surface area contributed by atoms with Crippen LogP contribution in [0.2, 0.25) is 0 Å². The molecule has 0 unspecified atom stereocenters. The Morgan fingerprint density at radius 3 is 2.53 bits per heavy atom. The Morgan fingerprint density at radius 1 is 1.33 bits per heavy atom. The third-order valence-corrected chi connectivity index (χ3v) is 2.07. The van der Waals surface area contributed by atoms with E-state index in [-0.39, 0.29) is 12.5 Å². The first-order valence-electron chi connectivity index (χ1n) is 4.84. The first kappa shape index (κ1) is 11.2. The van der Waals surface area contributed by atoms with Gasteiger partial charge in [0.05, 0.1) is 0 Å². The minimum atomic E-state index is -0.170. The maximum Gasteiger partial charge on any atom is 0.251 e. The summed E-state index contributed by atoms with van der Waals surface area (Å²) in [7, 11) is 0.